The van der Waals surface area contributed by atoms with Crippen LogP contribution >= 0.6 is 0 Å². The van der Waals surface area contributed by atoms with Gasteiger partial charge in [-0.25, -0.2) is 8.42 Å². The SMILES string of the molecule is CC1(C)C(=O)c2cc3nccc(Nc4ccc(O)c(C#N)c4)c3cc2S1(=O)=O. The Morgan fingerprint density at radius 3 is 2.64 bits per heavy atom. The number of hydrogen-bond donors (Lipinski definition) is 2. The number of nitrogens with zero attached hydrogens (tertiary/aromatic N) is 2. The Balaban J connectivity index is 1.90. The molecule has 1 aliphatic heterocycles. The van der Waals surface area contributed by atoms with Crippen LogP contribution in [0.4, 0.5) is 11.4 Å². The van der Waals surface area contributed by atoms with Crippen molar-refractivity contribution in [3.63, 3.8) is 0 Å². The van der Waals surface area contributed by atoms with E-state index in [0.29, 0.717) is 22.3 Å². The lowest BCUT2D eigenvalue weighted by Crippen LogP contribution is -2.33. The molecule has 0 fully saturated rings. The van der Waals surface area contributed by atoms with E-state index in [1.54, 1.807) is 18.3 Å². The maximum Gasteiger partial charge on any atom is 0.191 e. The van der Waals surface area contributed by atoms with E-state index < -0.39 is 20.4 Å². The number of hydrogen-bond acceptors (Lipinski definition) is 7. The van der Waals surface area contributed by atoms with Crippen molar-refractivity contribution < 1.29 is 18.3 Å². The van der Waals surface area contributed by atoms with Crippen molar-refractivity contribution >= 4 is 37.9 Å². The molecule has 0 saturated heterocycles. The fourth-order valence-corrected chi connectivity index (χ4v) is 4.88. The molecule has 1 aliphatic rings. The Bertz CT molecular complexity index is 1320. The quantitative estimate of drug-likeness (QED) is 0.641. The molecule has 28 heavy (non-hydrogen) atoms. The fraction of sp³-hybridized carbons (Fsp3) is 0.150. The molecule has 0 bridgehead atoms. The van der Waals surface area contributed by atoms with Gasteiger partial charge in [0.2, 0.25) is 0 Å². The van der Waals surface area contributed by atoms with Gasteiger partial charge in [0.1, 0.15) is 16.6 Å². The highest BCUT2D eigenvalue weighted by Crippen LogP contribution is 2.41. The molecule has 0 radical (unpaired) electrons. The Hall–Kier alpha value is -3.44. The summed E-state index contributed by atoms with van der Waals surface area (Å²) >= 11 is 0. The topological polar surface area (TPSA) is 120 Å². The first kappa shape index (κ1) is 17.9. The number of fused-ring (bicyclic) bond motifs is 2. The first-order valence-corrected chi connectivity index (χ1v) is 9.87. The van der Waals surface area contributed by atoms with E-state index in [0.717, 1.165) is 0 Å². The average Bonchev–Trinajstić information content (AvgIpc) is 2.79. The van der Waals surface area contributed by atoms with E-state index in [4.69, 9.17) is 5.26 Å². The molecule has 2 aromatic carbocycles. The summed E-state index contributed by atoms with van der Waals surface area (Å²) in [6.45, 7) is 2.81. The Morgan fingerprint density at radius 2 is 1.93 bits per heavy atom. The summed E-state index contributed by atoms with van der Waals surface area (Å²) in [5.41, 5.74) is 1.85. The van der Waals surface area contributed by atoms with Crippen LogP contribution in [0.15, 0.2) is 47.5 Å². The van der Waals surface area contributed by atoms with Crippen LogP contribution < -0.4 is 5.32 Å². The first-order valence-electron chi connectivity index (χ1n) is 8.39. The number of nitrogens with one attached hydrogen (secondary N) is 1. The van der Waals surface area contributed by atoms with E-state index in [9.17, 15) is 18.3 Å². The van der Waals surface area contributed by atoms with Gasteiger partial charge in [-0.05, 0) is 50.2 Å². The van der Waals surface area contributed by atoms with Gasteiger partial charge in [-0.3, -0.25) is 9.78 Å². The largest absolute Gasteiger partial charge is 0.507 e. The maximum atomic E-state index is 12.8. The Labute approximate surface area is 161 Å². The number of ketones is 1. The van der Waals surface area contributed by atoms with Crippen molar-refractivity contribution in [1.29, 1.82) is 5.26 Å². The fourth-order valence-electron chi connectivity index (χ4n) is 3.26. The Morgan fingerprint density at radius 1 is 1.18 bits per heavy atom. The monoisotopic (exact) mass is 393 g/mol. The molecule has 3 aromatic rings. The van der Waals surface area contributed by atoms with E-state index in [2.05, 4.69) is 10.3 Å². The number of phenols is 1. The van der Waals surface area contributed by atoms with E-state index >= 15 is 0 Å². The van der Waals surface area contributed by atoms with Gasteiger partial charge in [0, 0.05) is 28.5 Å². The van der Waals surface area contributed by atoms with Gasteiger partial charge in [-0.1, -0.05) is 0 Å². The van der Waals surface area contributed by atoms with Crippen LogP contribution in [-0.4, -0.2) is 29.0 Å². The van der Waals surface area contributed by atoms with Gasteiger partial charge in [-0.15, -0.1) is 0 Å². The molecular formula is C20H15N3O4S. The molecule has 0 amide bonds. The molecule has 0 atom stereocenters. The highest BCUT2D eigenvalue weighted by atomic mass is 32.2. The van der Waals surface area contributed by atoms with Crippen LogP contribution in [0, 0.1) is 11.3 Å². The Kier molecular flexibility index (Phi) is 3.70. The zero-order chi connectivity index (χ0) is 20.3. The second-order valence-corrected chi connectivity index (χ2v) is 9.50. The van der Waals surface area contributed by atoms with Crippen molar-refractivity contribution in [2.45, 2.75) is 23.5 Å². The zero-order valence-electron chi connectivity index (χ0n) is 15.0. The molecule has 0 saturated carbocycles. The third-order valence-corrected chi connectivity index (χ3v) is 7.44. The lowest BCUT2D eigenvalue weighted by atomic mass is 9.99. The molecule has 0 unspecified atom stereocenters. The zero-order valence-corrected chi connectivity index (χ0v) is 15.8. The number of aromatic hydroxyl groups is 1. The summed E-state index contributed by atoms with van der Waals surface area (Å²) in [6.07, 6.45) is 1.54. The maximum absolute atomic E-state index is 12.8. The number of carbonyl (C=O) groups is 1. The number of aromatic nitrogens is 1. The lowest BCUT2D eigenvalue weighted by molar-refractivity contribution is 0.0959. The van der Waals surface area contributed by atoms with Gasteiger partial charge >= 0.3 is 0 Å². The van der Waals surface area contributed by atoms with Gasteiger partial charge < -0.3 is 10.4 Å². The number of rotatable bonds is 2. The summed E-state index contributed by atoms with van der Waals surface area (Å²) < 4.78 is 24.1. The lowest BCUT2D eigenvalue weighted by Gasteiger charge is -2.13. The van der Waals surface area contributed by atoms with Gasteiger partial charge in [-0.2, -0.15) is 5.26 Å². The minimum Gasteiger partial charge on any atom is -0.507 e. The van der Waals surface area contributed by atoms with Gasteiger partial charge in [0.15, 0.2) is 15.6 Å². The van der Waals surface area contributed by atoms with Crippen molar-refractivity contribution in [1.82, 2.24) is 4.98 Å². The normalized spacial score (nSPS) is 16.5. The minimum absolute atomic E-state index is 0.00512. The van der Waals surface area contributed by atoms with Crippen LogP contribution in [0.25, 0.3) is 10.9 Å². The molecule has 4 rings (SSSR count). The molecule has 0 aliphatic carbocycles. The number of sulfone groups is 1. The number of nitriles is 1. The number of Topliss-reactive ketones (excluding diaryl/α,β-unsaturated/α-hetero) is 1. The van der Waals surface area contributed by atoms with Crippen LogP contribution in [0.1, 0.15) is 29.8 Å². The standard InChI is InChI=1S/C20H15N3O4S/c1-20(2)19(25)14-8-16-13(9-18(14)28(20,26)27)15(5-6-22-16)23-12-3-4-17(24)11(7-12)10-21/h3-9,24H,1-2H3,(H,22,23). The number of anilines is 2. The van der Waals surface area contributed by atoms with Crippen LogP contribution in [0.2, 0.25) is 0 Å². The van der Waals surface area contributed by atoms with E-state index in [1.165, 1.54) is 38.1 Å². The molecule has 0 spiro atoms. The van der Waals surface area contributed by atoms with Gasteiger partial charge in [0.25, 0.3) is 0 Å². The number of phenolic OH excluding ortho intramolecular Hbond substituents is 1. The summed E-state index contributed by atoms with van der Waals surface area (Å²) in [5, 5.41) is 22.4. The smallest absolute Gasteiger partial charge is 0.191 e. The summed E-state index contributed by atoms with van der Waals surface area (Å²) in [5.74, 6) is -0.570. The molecule has 7 nitrogen and oxygen atoms in total. The van der Waals surface area contributed by atoms with Crippen LogP contribution in [0.3, 0.4) is 0 Å². The van der Waals surface area contributed by atoms with Crippen molar-refractivity contribution in [3.05, 3.63) is 53.7 Å². The highest BCUT2D eigenvalue weighted by molar-refractivity contribution is 7.94. The second kappa shape index (κ2) is 5.78. The number of benzene rings is 2. The predicted octanol–water partition coefficient (Wildman–Crippen LogP) is 3.30. The molecule has 8 heteroatoms. The van der Waals surface area contributed by atoms with Crippen molar-refractivity contribution in [2.75, 3.05) is 5.32 Å². The first-order chi connectivity index (χ1) is 13.2. The predicted molar refractivity (Wildman–Crippen MR) is 103 cm³/mol. The molecular weight excluding hydrogens is 378 g/mol. The summed E-state index contributed by atoms with van der Waals surface area (Å²) in [6, 6.07) is 11.0. The number of pyridine rings is 1. The van der Waals surface area contributed by atoms with Crippen molar-refractivity contribution in [3.8, 4) is 11.8 Å². The third kappa shape index (κ3) is 2.37. The third-order valence-electron chi connectivity index (χ3n) is 4.99. The van der Waals surface area contributed by atoms with E-state index in [1.807, 2.05) is 6.07 Å². The number of carbonyl (C=O) groups excluding carboxylic acids is 1. The minimum atomic E-state index is -3.81. The molecule has 140 valence electrons. The average molecular weight is 393 g/mol. The molecule has 2 N–H and O–H groups in total. The van der Waals surface area contributed by atoms with Gasteiger partial charge in [0.05, 0.1) is 16.0 Å². The van der Waals surface area contributed by atoms with Crippen LogP contribution in [0.5, 0.6) is 5.75 Å². The summed E-state index contributed by atoms with van der Waals surface area (Å²) in [4.78, 5) is 16.8. The van der Waals surface area contributed by atoms with Crippen LogP contribution in [-0.2, 0) is 9.84 Å². The highest BCUT2D eigenvalue weighted by Gasteiger charge is 2.51. The van der Waals surface area contributed by atoms with Crippen molar-refractivity contribution in [2.24, 2.45) is 0 Å². The molecule has 1 aromatic heterocycles. The molecule has 2 heterocycles. The van der Waals surface area contributed by atoms with E-state index in [-0.39, 0.29) is 21.8 Å². The second-order valence-electron chi connectivity index (χ2n) is 7.04. The summed E-state index contributed by atoms with van der Waals surface area (Å²) in [7, 11) is -3.81.